The maximum absolute atomic E-state index is 11.8. The Morgan fingerprint density at radius 1 is 1.56 bits per heavy atom. The van der Waals surface area contributed by atoms with Crippen LogP contribution in [0.15, 0.2) is 27.5 Å². The second-order valence-electron chi connectivity index (χ2n) is 4.58. The molecule has 5 heteroatoms. The van der Waals surface area contributed by atoms with Crippen LogP contribution in [0.3, 0.4) is 0 Å². The van der Waals surface area contributed by atoms with E-state index in [9.17, 15) is 4.79 Å². The highest BCUT2D eigenvalue weighted by Crippen LogP contribution is 2.13. The molecule has 2 aromatic rings. The smallest absolute Gasteiger partial charge is 0.406 e. The van der Waals surface area contributed by atoms with E-state index >= 15 is 0 Å². The molecular formula is C13H19N3O2. The fourth-order valence-electron chi connectivity index (χ4n) is 2.10. The third-order valence-electron chi connectivity index (χ3n) is 3.51. The average molecular weight is 249 g/mol. The molecule has 0 amide bonds. The molecule has 2 rings (SSSR count). The molecule has 0 aliphatic carbocycles. The lowest BCUT2D eigenvalue weighted by molar-refractivity contribution is 0.339. The van der Waals surface area contributed by atoms with Crippen LogP contribution in [0.2, 0.25) is 0 Å². The lowest BCUT2D eigenvalue weighted by Crippen LogP contribution is -2.38. The molecule has 0 bridgehead atoms. The predicted octanol–water partition coefficient (Wildman–Crippen LogP) is 1.62. The van der Waals surface area contributed by atoms with Crippen molar-refractivity contribution in [3.8, 4) is 0 Å². The van der Waals surface area contributed by atoms with Crippen molar-refractivity contribution in [1.82, 2.24) is 14.9 Å². The SMILES string of the molecule is CCC(C)C(Cn1c(=O)oc2cccnc21)NC. The van der Waals surface area contributed by atoms with Gasteiger partial charge in [-0.1, -0.05) is 20.3 Å². The van der Waals surface area contributed by atoms with Crippen molar-refractivity contribution in [3.63, 3.8) is 0 Å². The Kier molecular flexibility index (Phi) is 3.81. The van der Waals surface area contributed by atoms with Gasteiger partial charge in [0.05, 0.1) is 0 Å². The molecule has 0 radical (unpaired) electrons. The summed E-state index contributed by atoms with van der Waals surface area (Å²) in [6.45, 7) is 4.89. The summed E-state index contributed by atoms with van der Waals surface area (Å²) >= 11 is 0. The second-order valence-corrected chi connectivity index (χ2v) is 4.58. The van der Waals surface area contributed by atoms with Crippen LogP contribution >= 0.6 is 0 Å². The topological polar surface area (TPSA) is 60.1 Å². The monoisotopic (exact) mass is 249 g/mol. The van der Waals surface area contributed by atoms with Crippen LogP contribution in [0.4, 0.5) is 0 Å². The number of likely N-dealkylation sites (N-methyl/N-ethyl adjacent to an activating group) is 1. The van der Waals surface area contributed by atoms with Gasteiger partial charge >= 0.3 is 5.76 Å². The number of hydrogen-bond acceptors (Lipinski definition) is 4. The van der Waals surface area contributed by atoms with Gasteiger partial charge in [0.2, 0.25) is 0 Å². The minimum absolute atomic E-state index is 0.232. The largest absolute Gasteiger partial charge is 0.421 e. The van der Waals surface area contributed by atoms with Crippen LogP contribution in [-0.2, 0) is 6.54 Å². The molecule has 0 saturated heterocycles. The van der Waals surface area contributed by atoms with Gasteiger partial charge in [0.25, 0.3) is 0 Å². The van der Waals surface area contributed by atoms with Crippen LogP contribution in [0, 0.1) is 5.92 Å². The van der Waals surface area contributed by atoms with Crippen LogP contribution in [-0.4, -0.2) is 22.6 Å². The first-order valence-corrected chi connectivity index (χ1v) is 6.29. The molecule has 0 aliphatic heterocycles. The molecule has 2 atom stereocenters. The molecule has 0 fully saturated rings. The van der Waals surface area contributed by atoms with E-state index in [1.54, 1.807) is 22.9 Å². The van der Waals surface area contributed by atoms with E-state index in [4.69, 9.17) is 4.42 Å². The minimum atomic E-state index is -0.341. The van der Waals surface area contributed by atoms with Crippen molar-refractivity contribution >= 4 is 11.2 Å². The summed E-state index contributed by atoms with van der Waals surface area (Å²) < 4.78 is 6.77. The molecule has 18 heavy (non-hydrogen) atoms. The van der Waals surface area contributed by atoms with Gasteiger partial charge in [-0.25, -0.2) is 9.78 Å². The normalized spacial score (nSPS) is 14.8. The maximum atomic E-state index is 11.8. The molecular weight excluding hydrogens is 230 g/mol. The van der Waals surface area contributed by atoms with Crippen molar-refractivity contribution < 1.29 is 4.42 Å². The standard InChI is InChI=1S/C13H19N3O2/c1-4-9(2)10(14-3)8-16-12-11(18-13(16)17)6-5-7-15-12/h5-7,9-10,14H,4,8H2,1-3H3. The first kappa shape index (κ1) is 12.8. The van der Waals surface area contributed by atoms with E-state index in [1.165, 1.54) is 0 Å². The molecule has 2 heterocycles. The van der Waals surface area contributed by atoms with Gasteiger partial charge in [-0.2, -0.15) is 0 Å². The van der Waals surface area contributed by atoms with Crippen molar-refractivity contribution in [3.05, 3.63) is 28.9 Å². The fourth-order valence-corrected chi connectivity index (χ4v) is 2.10. The van der Waals surface area contributed by atoms with Crippen LogP contribution in [0.25, 0.3) is 11.2 Å². The molecule has 2 unspecified atom stereocenters. The molecule has 2 aromatic heterocycles. The first-order chi connectivity index (χ1) is 8.67. The number of hydrogen-bond donors (Lipinski definition) is 1. The number of fused-ring (bicyclic) bond motifs is 1. The summed E-state index contributed by atoms with van der Waals surface area (Å²) in [6, 6.07) is 3.76. The highest BCUT2D eigenvalue weighted by molar-refractivity contribution is 5.67. The zero-order chi connectivity index (χ0) is 13.1. The summed E-state index contributed by atoms with van der Waals surface area (Å²) in [6.07, 6.45) is 2.73. The highest BCUT2D eigenvalue weighted by Gasteiger charge is 2.18. The van der Waals surface area contributed by atoms with Crippen LogP contribution in [0.5, 0.6) is 0 Å². The maximum Gasteiger partial charge on any atom is 0.421 e. The molecule has 0 spiro atoms. The molecule has 5 nitrogen and oxygen atoms in total. The number of nitrogens with one attached hydrogen (secondary N) is 1. The molecule has 0 aliphatic rings. The van der Waals surface area contributed by atoms with Gasteiger partial charge < -0.3 is 9.73 Å². The number of rotatable bonds is 5. The Hall–Kier alpha value is -1.62. The zero-order valence-corrected chi connectivity index (χ0v) is 11.0. The van der Waals surface area contributed by atoms with E-state index in [-0.39, 0.29) is 11.8 Å². The Morgan fingerprint density at radius 3 is 3.00 bits per heavy atom. The van der Waals surface area contributed by atoms with E-state index in [0.717, 1.165) is 6.42 Å². The van der Waals surface area contributed by atoms with Crippen LogP contribution in [0.1, 0.15) is 20.3 Å². The minimum Gasteiger partial charge on any atom is -0.406 e. The molecule has 98 valence electrons. The predicted molar refractivity (Wildman–Crippen MR) is 70.6 cm³/mol. The number of pyridine rings is 1. The third kappa shape index (κ3) is 2.31. The lowest BCUT2D eigenvalue weighted by atomic mass is 9.99. The van der Waals surface area contributed by atoms with Gasteiger partial charge in [0.15, 0.2) is 11.2 Å². The van der Waals surface area contributed by atoms with Gasteiger partial charge in [0, 0.05) is 18.8 Å². The third-order valence-corrected chi connectivity index (χ3v) is 3.51. The number of nitrogens with zero attached hydrogens (tertiary/aromatic N) is 2. The van der Waals surface area contributed by atoms with Gasteiger partial charge in [-0.15, -0.1) is 0 Å². The summed E-state index contributed by atoms with van der Waals surface area (Å²) in [5.41, 5.74) is 1.16. The summed E-state index contributed by atoms with van der Waals surface area (Å²) in [7, 11) is 1.91. The van der Waals surface area contributed by atoms with Crippen molar-refractivity contribution in [1.29, 1.82) is 0 Å². The number of aromatic nitrogens is 2. The molecule has 0 saturated carbocycles. The van der Waals surface area contributed by atoms with E-state index in [1.807, 2.05) is 7.05 Å². The Morgan fingerprint density at radius 2 is 2.33 bits per heavy atom. The molecule has 1 N–H and O–H groups in total. The first-order valence-electron chi connectivity index (χ1n) is 6.29. The Labute approximate surface area is 106 Å². The van der Waals surface area contributed by atoms with E-state index < -0.39 is 0 Å². The van der Waals surface area contributed by atoms with Crippen molar-refractivity contribution in [2.24, 2.45) is 5.92 Å². The van der Waals surface area contributed by atoms with Crippen molar-refractivity contribution in [2.75, 3.05) is 7.05 Å². The summed E-state index contributed by atoms with van der Waals surface area (Å²) in [5, 5.41) is 3.25. The van der Waals surface area contributed by atoms with Crippen LogP contribution < -0.4 is 11.1 Å². The lowest BCUT2D eigenvalue weighted by Gasteiger charge is -2.22. The second kappa shape index (κ2) is 5.35. The summed E-state index contributed by atoms with van der Waals surface area (Å²) in [5.74, 6) is 0.141. The van der Waals surface area contributed by atoms with E-state index in [2.05, 4.69) is 24.1 Å². The fraction of sp³-hybridized carbons (Fsp3) is 0.538. The van der Waals surface area contributed by atoms with Gasteiger partial charge in [-0.3, -0.25) is 4.57 Å². The number of oxazole rings is 1. The van der Waals surface area contributed by atoms with Gasteiger partial charge in [-0.05, 0) is 25.1 Å². The molecule has 0 aromatic carbocycles. The van der Waals surface area contributed by atoms with E-state index in [0.29, 0.717) is 23.7 Å². The summed E-state index contributed by atoms with van der Waals surface area (Å²) in [4.78, 5) is 16.0. The Balaban J connectivity index is 2.36. The highest BCUT2D eigenvalue weighted by atomic mass is 16.4. The zero-order valence-electron chi connectivity index (χ0n) is 11.0. The average Bonchev–Trinajstić information content (AvgIpc) is 2.71. The van der Waals surface area contributed by atoms with Gasteiger partial charge in [0.1, 0.15) is 0 Å². The Bertz CT molecular complexity index is 573. The van der Waals surface area contributed by atoms with Crippen molar-refractivity contribution in [2.45, 2.75) is 32.9 Å². The quantitative estimate of drug-likeness (QED) is 0.874.